The highest BCUT2D eigenvalue weighted by Crippen LogP contribution is 2.43. The van der Waals surface area contributed by atoms with Crippen LogP contribution in [0.2, 0.25) is 0 Å². The zero-order valence-corrected chi connectivity index (χ0v) is 32.1. The first-order valence-corrected chi connectivity index (χ1v) is 19.9. The molecule has 0 bridgehead atoms. The second-order valence-corrected chi connectivity index (χ2v) is 14.8. The van der Waals surface area contributed by atoms with Crippen molar-refractivity contribution in [2.45, 2.75) is 0 Å². The van der Waals surface area contributed by atoms with Gasteiger partial charge in [0.25, 0.3) is 0 Å². The molecule has 276 valence electrons. The van der Waals surface area contributed by atoms with Gasteiger partial charge in [-0.1, -0.05) is 188 Å². The normalized spacial score (nSPS) is 11.4. The molecule has 0 fully saturated rings. The Hall–Kier alpha value is -7.95. The SMILES string of the molecule is c1ccc(-c2cc(-c3ccccc3)cc(-c3nc(-c4ccc(-c5c(-c6ccccc6)n6ncc(-c7ccccc7)c6c6ccccc56)cc4)nc4ccccc34)c2)cc1. The maximum Gasteiger partial charge on any atom is 0.160 e. The molecule has 0 aliphatic rings. The van der Waals surface area contributed by atoms with E-state index in [-0.39, 0.29) is 0 Å². The van der Waals surface area contributed by atoms with E-state index in [0.717, 1.165) is 94.4 Å². The summed E-state index contributed by atoms with van der Waals surface area (Å²) in [6.45, 7) is 0. The van der Waals surface area contributed by atoms with Gasteiger partial charge in [-0.15, -0.1) is 0 Å². The molecule has 0 aliphatic carbocycles. The topological polar surface area (TPSA) is 43.1 Å². The van der Waals surface area contributed by atoms with Crippen molar-refractivity contribution in [1.29, 1.82) is 0 Å². The molecule has 4 nitrogen and oxygen atoms in total. The van der Waals surface area contributed by atoms with Crippen molar-refractivity contribution in [1.82, 2.24) is 19.6 Å². The van der Waals surface area contributed by atoms with Gasteiger partial charge in [-0.3, -0.25) is 0 Å². The summed E-state index contributed by atoms with van der Waals surface area (Å²) in [4.78, 5) is 10.5. The third kappa shape index (κ3) is 6.15. The van der Waals surface area contributed by atoms with Crippen LogP contribution in [0.5, 0.6) is 0 Å². The monoisotopic (exact) mass is 752 g/mol. The second kappa shape index (κ2) is 14.5. The van der Waals surface area contributed by atoms with Crippen molar-refractivity contribution < 1.29 is 0 Å². The third-order valence-electron chi connectivity index (χ3n) is 11.3. The average Bonchev–Trinajstić information content (AvgIpc) is 3.77. The highest BCUT2D eigenvalue weighted by atomic mass is 15.2. The fraction of sp³-hybridized carbons (Fsp3) is 0. The molecule has 0 N–H and O–H groups in total. The van der Waals surface area contributed by atoms with E-state index in [0.29, 0.717) is 5.82 Å². The molecule has 0 unspecified atom stereocenters. The van der Waals surface area contributed by atoms with Crippen LogP contribution in [-0.2, 0) is 0 Å². The minimum Gasteiger partial charge on any atom is -0.231 e. The Balaban J connectivity index is 1.09. The second-order valence-electron chi connectivity index (χ2n) is 14.8. The van der Waals surface area contributed by atoms with Crippen molar-refractivity contribution >= 4 is 27.2 Å². The number of para-hydroxylation sites is 1. The molecule has 3 aromatic heterocycles. The summed E-state index contributed by atoms with van der Waals surface area (Å²) in [5.74, 6) is 0.680. The van der Waals surface area contributed by atoms with Crippen LogP contribution < -0.4 is 0 Å². The van der Waals surface area contributed by atoms with Gasteiger partial charge in [-0.2, -0.15) is 5.10 Å². The smallest absolute Gasteiger partial charge is 0.160 e. The lowest BCUT2D eigenvalue weighted by atomic mass is 9.91. The summed E-state index contributed by atoms with van der Waals surface area (Å²) in [7, 11) is 0. The first kappa shape index (κ1) is 34.3. The predicted octanol–water partition coefficient (Wildman–Crippen LogP) is 14.1. The third-order valence-corrected chi connectivity index (χ3v) is 11.3. The predicted molar refractivity (Wildman–Crippen MR) is 244 cm³/mol. The lowest BCUT2D eigenvalue weighted by Gasteiger charge is -2.18. The van der Waals surface area contributed by atoms with E-state index in [1.807, 2.05) is 12.3 Å². The molecular formula is C55H36N4. The van der Waals surface area contributed by atoms with Gasteiger partial charge in [-0.05, 0) is 63.0 Å². The van der Waals surface area contributed by atoms with Crippen LogP contribution in [0.3, 0.4) is 0 Å². The molecule has 3 heterocycles. The summed E-state index contributed by atoms with van der Waals surface area (Å²) in [6, 6.07) is 74.8. The highest BCUT2D eigenvalue weighted by molar-refractivity contribution is 6.13. The van der Waals surface area contributed by atoms with Crippen LogP contribution in [0.15, 0.2) is 219 Å². The van der Waals surface area contributed by atoms with Crippen LogP contribution in [0, 0.1) is 0 Å². The summed E-state index contributed by atoms with van der Waals surface area (Å²) in [5, 5.41) is 8.42. The zero-order valence-electron chi connectivity index (χ0n) is 32.1. The fourth-order valence-corrected chi connectivity index (χ4v) is 8.47. The molecule has 0 saturated heterocycles. The summed E-state index contributed by atoms with van der Waals surface area (Å²) in [6.07, 6.45) is 2.00. The minimum absolute atomic E-state index is 0.680. The van der Waals surface area contributed by atoms with E-state index in [9.17, 15) is 0 Å². The number of nitrogens with zero attached hydrogens (tertiary/aromatic N) is 4. The van der Waals surface area contributed by atoms with E-state index in [2.05, 4.69) is 211 Å². The lowest BCUT2D eigenvalue weighted by molar-refractivity contribution is 0.976. The standard InChI is InChI=1S/C55H36N4/c1-5-17-37(18-6-1)43-33-44(38-19-7-2-8-20-38)35-45(34-43)52-48-27-15-16-28-50(48)57-55(58-52)42-31-29-40(30-32-42)51-46-25-13-14-26-47(46)54-49(39-21-9-3-10-22-39)36-56-59(54)53(51)41-23-11-4-12-24-41/h1-36H. The van der Waals surface area contributed by atoms with Crippen LogP contribution in [0.25, 0.3) is 106 Å². The molecule has 11 rings (SSSR count). The van der Waals surface area contributed by atoms with E-state index >= 15 is 0 Å². The largest absolute Gasteiger partial charge is 0.231 e. The Morgan fingerprint density at radius 1 is 0.339 bits per heavy atom. The van der Waals surface area contributed by atoms with E-state index < -0.39 is 0 Å². The van der Waals surface area contributed by atoms with Crippen molar-refractivity contribution in [3.63, 3.8) is 0 Å². The number of aromatic nitrogens is 4. The van der Waals surface area contributed by atoms with Crippen molar-refractivity contribution in [3.05, 3.63) is 219 Å². The Morgan fingerprint density at radius 3 is 1.46 bits per heavy atom. The number of fused-ring (bicyclic) bond motifs is 4. The Labute approximate surface area is 342 Å². The van der Waals surface area contributed by atoms with Gasteiger partial charge in [-0.25, -0.2) is 14.5 Å². The molecule has 0 aliphatic heterocycles. The lowest BCUT2D eigenvalue weighted by Crippen LogP contribution is -2.00. The quantitative estimate of drug-likeness (QED) is 0.163. The van der Waals surface area contributed by atoms with Crippen LogP contribution in [-0.4, -0.2) is 19.6 Å². The zero-order chi connectivity index (χ0) is 39.1. The van der Waals surface area contributed by atoms with Gasteiger partial charge < -0.3 is 0 Å². The van der Waals surface area contributed by atoms with Gasteiger partial charge in [0.2, 0.25) is 0 Å². The van der Waals surface area contributed by atoms with Crippen LogP contribution >= 0.6 is 0 Å². The highest BCUT2D eigenvalue weighted by Gasteiger charge is 2.22. The van der Waals surface area contributed by atoms with Crippen LogP contribution in [0.1, 0.15) is 0 Å². The number of benzene rings is 8. The first-order valence-electron chi connectivity index (χ1n) is 19.9. The Kier molecular flexibility index (Phi) is 8.45. The first-order chi connectivity index (χ1) is 29.3. The molecular weight excluding hydrogens is 717 g/mol. The van der Waals surface area contributed by atoms with Crippen molar-refractivity contribution in [2.75, 3.05) is 0 Å². The van der Waals surface area contributed by atoms with Gasteiger partial charge in [0.1, 0.15) is 0 Å². The van der Waals surface area contributed by atoms with E-state index in [4.69, 9.17) is 15.1 Å². The Morgan fingerprint density at radius 2 is 0.831 bits per heavy atom. The number of hydrogen-bond acceptors (Lipinski definition) is 3. The molecule has 0 radical (unpaired) electrons. The van der Waals surface area contributed by atoms with Gasteiger partial charge in [0.05, 0.1) is 28.6 Å². The minimum atomic E-state index is 0.680. The molecule has 4 heteroatoms. The Bertz CT molecular complexity index is 3230. The number of pyridine rings is 1. The molecule has 0 spiro atoms. The van der Waals surface area contributed by atoms with Gasteiger partial charge in [0.15, 0.2) is 5.82 Å². The summed E-state index contributed by atoms with van der Waals surface area (Å²) in [5.41, 5.74) is 16.1. The molecule has 0 amide bonds. The average molecular weight is 753 g/mol. The van der Waals surface area contributed by atoms with E-state index in [1.54, 1.807) is 0 Å². The fourth-order valence-electron chi connectivity index (χ4n) is 8.47. The van der Waals surface area contributed by atoms with E-state index in [1.165, 1.54) is 5.39 Å². The summed E-state index contributed by atoms with van der Waals surface area (Å²) < 4.78 is 2.13. The summed E-state index contributed by atoms with van der Waals surface area (Å²) >= 11 is 0. The number of hydrogen-bond donors (Lipinski definition) is 0. The number of rotatable bonds is 7. The molecule has 59 heavy (non-hydrogen) atoms. The maximum absolute atomic E-state index is 5.38. The van der Waals surface area contributed by atoms with Crippen molar-refractivity contribution in [3.8, 4) is 78.4 Å². The van der Waals surface area contributed by atoms with Crippen LogP contribution in [0.4, 0.5) is 0 Å². The molecule has 0 atom stereocenters. The van der Waals surface area contributed by atoms with Gasteiger partial charge in [0, 0.05) is 38.6 Å². The molecule has 8 aromatic carbocycles. The maximum atomic E-state index is 5.38. The van der Waals surface area contributed by atoms with Crippen molar-refractivity contribution in [2.24, 2.45) is 0 Å². The molecule has 0 saturated carbocycles. The van der Waals surface area contributed by atoms with Gasteiger partial charge >= 0.3 is 0 Å². The molecule has 11 aromatic rings.